The Balaban J connectivity index is 1.82. The zero-order valence-corrected chi connectivity index (χ0v) is 15.1. The summed E-state index contributed by atoms with van der Waals surface area (Å²) in [6.45, 7) is 0.630. The van der Waals surface area contributed by atoms with E-state index in [1.807, 2.05) is 36.6 Å². The predicted octanol–water partition coefficient (Wildman–Crippen LogP) is 4.18. The molecule has 1 atom stereocenters. The molecule has 0 saturated carbocycles. The number of ether oxygens (including phenoxy) is 2. The largest absolute Gasteiger partial charge is 0.497 e. The van der Waals surface area contributed by atoms with Crippen LogP contribution in [-0.2, 0) is 17.6 Å². The van der Waals surface area contributed by atoms with Gasteiger partial charge in [0.1, 0.15) is 17.8 Å². The Kier molecular flexibility index (Phi) is 7.69. The van der Waals surface area contributed by atoms with Crippen molar-refractivity contribution >= 4 is 18.0 Å². The Bertz CT molecular complexity index is 625. The second-order valence-electron chi connectivity index (χ2n) is 5.56. The monoisotopic (exact) mass is 344 g/mol. The van der Waals surface area contributed by atoms with E-state index in [0.717, 1.165) is 30.6 Å². The molecule has 2 aromatic carbocycles. The number of aldehydes is 1. The van der Waals surface area contributed by atoms with Crippen LogP contribution in [0.25, 0.3) is 0 Å². The summed E-state index contributed by atoms with van der Waals surface area (Å²) in [4.78, 5) is 10.7. The van der Waals surface area contributed by atoms with Crippen LogP contribution in [-0.4, -0.2) is 31.5 Å². The van der Waals surface area contributed by atoms with E-state index in [0.29, 0.717) is 18.3 Å². The Morgan fingerprint density at radius 3 is 2.54 bits per heavy atom. The number of carbonyl (C=O) groups excluding carboxylic acids is 1. The van der Waals surface area contributed by atoms with Gasteiger partial charge in [0.15, 0.2) is 0 Å². The van der Waals surface area contributed by atoms with E-state index >= 15 is 0 Å². The number of carbonyl (C=O) groups is 1. The third-order valence-electron chi connectivity index (χ3n) is 3.87. The van der Waals surface area contributed by atoms with Gasteiger partial charge in [-0.2, -0.15) is 11.8 Å². The van der Waals surface area contributed by atoms with Crippen molar-refractivity contribution in [2.75, 3.05) is 20.0 Å². The molecule has 0 amide bonds. The van der Waals surface area contributed by atoms with Crippen LogP contribution < -0.4 is 9.47 Å². The summed E-state index contributed by atoms with van der Waals surface area (Å²) in [6, 6.07) is 16.2. The van der Waals surface area contributed by atoms with Gasteiger partial charge in [0.25, 0.3) is 0 Å². The molecule has 0 aromatic heterocycles. The predicted molar refractivity (Wildman–Crippen MR) is 100 cm³/mol. The van der Waals surface area contributed by atoms with Gasteiger partial charge in [0.2, 0.25) is 0 Å². The lowest BCUT2D eigenvalue weighted by molar-refractivity contribution is -0.107. The van der Waals surface area contributed by atoms with Gasteiger partial charge in [0, 0.05) is 18.1 Å². The molecule has 0 saturated heterocycles. The molecule has 0 aliphatic heterocycles. The van der Waals surface area contributed by atoms with E-state index in [-0.39, 0.29) is 0 Å². The maximum atomic E-state index is 10.7. The van der Waals surface area contributed by atoms with Crippen LogP contribution in [0.5, 0.6) is 11.5 Å². The molecule has 4 heteroatoms. The second kappa shape index (κ2) is 10.0. The first-order valence-electron chi connectivity index (χ1n) is 8.06. The van der Waals surface area contributed by atoms with Crippen LogP contribution in [0.15, 0.2) is 48.5 Å². The molecule has 3 nitrogen and oxygen atoms in total. The Morgan fingerprint density at radius 2 is 1.88 bits per heavy atom. The Hall–Kier alpha value is -1.94. The van der Waals surface area contributed by atoms with E-state index in [4.69, 9.17) is 9.47 Å². The first-order chi connectivity index (χ1) is 11.7. The van der Waals surface area contributed by atoms with Crippen molar-refractivity contribution in [2.45, 2.75) is 24.5 Å². The molecule has 0 N–H and O–H groups in total. The van der Waals surface area contributed by atoms with Crippen molar-refractivity contribution < 1.29 is 14.3 Å². The van der Waals surface area contributed by atoms with E-state index in [9.17, 15) is 4.79 Å². The zero-order valence-electron chi connectivity index (χ0n) is 14.2. The van der Waals surface area contributed by atoms with Gasteiger partial charge in [0.05, 0.1) is 13.7 Å². The molecule has 2 rings (SSSR count). The van der Waals surface area contributed by atoms with Crippen LogP contribution in [0.1, 0.15) is 17.5 Å². The summed E-state index contributed by atoms with van der Waals surface area (Å²) in [5.74, 6) is 1.74. The molecule has 24 heavy (non-hydrogen) atoms. The number of hydrogen-bond acceptors (Lipinski definition) is 4. The van der Waals surface area contributed by atoms with Gasteiger partial charge in [-0.1, -0.05) is 24.3 Å². The molecule has 0 bridgehead atoms. The van der Waals surface area contributed by atoms with Gasteiger partial charge in [-0.05, 0) is 48.1 Å². The van der Waals surface area contributed by atoms with Crippen molar-refractivity contribution in [3.05, 3.63) is 59.7 Å². The van der Waals surface area contributed by atoms with Gasteiger partial charge < -0.3 is 14.3 Å². The molecule has 128 valence electrons. The second-order valence-corrected chi connectivity index (χ2v) is 6.70. The molecular formula is C20H24O3S. The highest BCUT2D eigenvalue weighted by atomic mass is 32.2. The quantitative estimate of drug-likeness (QED) is 0.606. The van der Waals surface area contributed by atoms with Crippen LogP contribution in [0, 0.1) is 0 Å². The van der Waals surface area contributed by atoms with Crippen molar-refractivity contribution in [3.8, 4) is 11.5 Å². The fourth-order valence-electron chi connectivity index (χ4n) is 2.47. The topological polar surface area (TPSA) is 35.5 Å². The molecule has 0 fully saturated rings. The van der Waals surface area contributed by atoms with E-state index in [1.54, 1.807) is 18.9 Å². The molecular weight excluding hydrogens is 320 g/mol. The van der Waals surface area contributed by atoms with E-state index in [2.05, 4.69) is 18.2 Å². The molecule has 1 unspecified atom stereocenters. The lowest BCUT2D eigenvalue weighted by Gasteiger charge is -2.12. The van der Waals surface area contributed by atoms with Crippen LogP contribution in [0.3, 0.4) is 0 Å². The third-order valence-corrected chi connectivity index (χ3v) is 4.90. The fourth-order valence-corrected chi connectivity index (χ4v) is 3.10. The zero-order chi connectivity index (χ0) is 17.2. The highest BCUT2D eigenvalue weighted by molar-refractivity contribution is 7.99. The van der Waals surface area contributed by atoms with Crippen molar-refractivity contribution in [3.63, 3.8) is 0 Å². The molecule has 0 radical (unpaired) electrons. The minimum Gasteiger partial charge on any atom is -0.497 e. The third kappa shape index (κ3) is 5.93. The number of methoxy groups -OCH3 is 1. The minimum atomic E-state index is 0.349. The summed E-state index contributed by atoms with van der Waals surface area (Å²) in [7, 11) is 1.67. The normalized spacial score (nSPS) is 11.8. The first kappa shape index (κ1) is 18.4. The summed E-state index contributed by atoms with van der Waals surface area (Å²) in [6.07, 6.45) is 5.39. The van der Waals surface area contributed by atoms with Gasteiger partial charge in [-0.25, -0.2) is 0 Å². The number of rotatable bonds is 10. The average molecular weight is 344 g/mol. The lowest BCUT2D eigenvalue weighted by atomic mass is 10.1. The summed E-state index contributed by atoms with van der Waals surface area (Å²) >= 11 is 1.74. The standard InChI is InChI=1S/C20H24O3S/c1-22-19-5-3-4-16(14-19)11-13-23-18-8-6-17(7-9-18)15-20(24-2)10-12-21/h3-9,12,14,20H,10-11,13,15H2,1-2H3. The van der Waals surface area contributed by atoms with Gasteiger partial charge in [-0.3, -0.25) is 0 Å². The molecule has 2 aromatic rings. The van der Waals surface area contributed by atoms with Crippen molar-refractivity contribution in [1.82, 2.24) is 0 Å². The maximum absolute atomic E-state index is 10.7. The number of benzene rings is 2. The smallest absolute Gasteiger partial charge is 0.121 e. The van der Waals surface area contributed by atoms with Gasteiger partial charge >= 0.3 is 0 Å². The maximum Gasteiger partial charge on any atom is 0.121 e. The number of hydrogen-bond donors (Lipinski definition) is 0. The summed E-state index contributed by atoms with van der Waals surface area (Å²) < 4.78 is 11.0. The van der Waals surface area contributed by atoms with E-state index < -0.39 is 0 Å². The summed E-state index contributed by atoms with van der Waals surface area (Å²) in [5.41, 5.74) is 2.43. The SMILES string of the molecule is COc1cccc(CCOc2ccc(CC(CC=O)SC)cc2)c1. The van der Waals surface area contributed by atoms with Crippen LogP contribution in [0.4, 0.5) is 0 Å². The van der Waals surface area contributed by atoms with Gasteiger partial charge in [-0.15, -0.1) is 0 Å². The van der Waals surface area contributed by atoms with Crippen LogP contribution >= 0.6 is 11.8 Å². The number of thioether (sulfide) groups is 1. The average Bonchev–Trinajstić information content (AvgIpc) is 2.63. The Morgan fingerprint density at radius 1 is 1.08 bits per heavy atom. The molecule has 0 heterocycles. The lowest BCUT2D eigenvalue weighted by Crippen LogP contribution is -2.07. The first-order valence-corrected chi connectivity index (χ1v) is 9.35. The minimum absolute atomic E-state index is 0.349. The Labute approximate surface area is 148 Å². The molecule has 0 aliphatic rings. The fraction of sp³-hybridized carbons (Fsp3) is 0.350. The molecule has 0 spiro atoms. The highest BCUT2D eigenvalue weighted by Gasteiger charge is 2.07. The van der Waals surface area contributed by atoms with Crippen LogP contribution in [0.2, 0.25) is 0 Å². The van der Waals surface area contributed by atoms with E-state index in [1.165, 1.54) is 11.1 Å². The summed E-state index contributed by atoms with van der Waals surface area (Å²) in [5, 5.41) is 0.349. The van der Waals surface area contributed by atoms with Crippen molar-refractivity contribution in [2.24, 2.45) is 0 Å². The molecule has 0 aliphatic carbocycles. The van der Waals surface area contributed by atoms with Crippen molar-refractivity contribution in [1.29, 1.82) is 0 Å². The highest BCUT2D eigenvalue weighted by Crippen LogP contribution is 2.19.